The van der Waals surface area contributed by atoms with Crippen molar-refractivity contribution < 1.29 is 0 Å². The maximum atomic E-state index is 5.52. The maximum Gasteiger partial charge on any atom is 0.180 e. The molecule has 0 saturated heterocycles. The van der Waals surface area contributed by atoms with Crippen LogP contribution in [-0.4, -0.2) is 20.0 Å². The summed E-state index contributed by atoms with van der Waals surface area (Å²) in [5.41, 5.74) is 5.52. The van der Waals surface area contributed by atoms with Crippen LogP contribution in [0.2, 0.25) is 0 Å². The zero-order valence-corrected chi connectivity index (χ0v) is 9.62. The molecule has 2 aromatic heterocycles. The van der Waals surface area contributed by atoms with Gasteiger partial charge in [0, 0.05) is 24.0 Å². The lowest BCUT2D eigenvalue weighted by molar-refractivity contribution is 0.581. The summed E-state index contributed by atoms with van der Waals surface area (Å²) in [4.78, 5) is 5.14. The molecule has 0 bridgehead atoms. The number of nitrogens with two attached hydrogens (primary N) is 1. The number of nitrogens with zero attached hydrogens (tertiary/aromatic N) is 4. The highest BCUT2D eigenvalue weighted by Crippen LogP contribution is 2.16. The molecule has 2 N–H and O–H groups in total. The van der Waals surface area contributed by atoms with Crippen LogP contribution in [0.5, 0.6) is 0 Å². The van der Waals surface area contributed by atoms with E-state index in [1.807, 2.05) is 0 Å². The number of nitrogen functional groups attached to an aromatic ring is 1. The molecular formula is C7H8BrN5S. The minimum absolute atomic E-state index is 0.609. The number of rotatable bonds is 3. The van der Waals surface area contributed by atoms with E-state index in [0.717, 1.165) is 22.4 Å². The van der Waals surface area contributed by atoms with Crippen molar-refractivity contribution in [2.45, 2.75) is 13.0 Å². The second-order valence-corrected chi connectivity index (χ2v) is 4.65. The Balaban J connectivity index is 1.98. The molecule has 0 radical (unpaired) electrons. The van der Waals surface area contributed by atoms with Gasteiger partial charge in [-0.25, -0.2) is 9.67 Å². The lowest BCUT2D eigenvalue weighted by atomic mass is 10.4. The van der Waals surface area contributed by atoms with Crippen LogP contribution in [0, 0.1) is 0 Å². The Labute approximate surface area is 93.1 Å². The Kier molecular flexibility index (Phi) is 2.78. The van der Waals surface area contributed by atoms with Crippen LogP contribution in [0.3, 0.4) is 0 Å². The van der Waals surface area contributed by atoms with Gasteiger partial charge in [-0.05, 0) is 15.9 Å². The first kappa shape index (κ1) is 9.60. The quantitative estimate of drug-likeness (QED) is 0.916. The van der Waals surface area contributed by atoms with Crippen molar-refractivity contribution in [2.24, 2.45) is 0 Å². The van der Waals surface area contributed by atoms with Gasteiger partial charge in [0.25, 0.3) is 0 Å². The van der Waals surface area contributed by atoms with Crippen molar-refractivity contribution >= 4 is 32.4 Å². The van der Waals surface area contributed by atoms with Crippen LogP contribution < -0.4 is 5.73 Å². The van der Waals surface area contributed by atoms with E-state index in [9.17, 15) is 0 Å². The molecule has 0 atom stereocenters. The molecule has 0 unspecified atom stereocenters. The fraction of sp³-hybridized carbons (Fsp3) is 0.286. The monoisotopic (exact) mass is 273 g/mol. The largest absolute Gasteiger partial charge is 0.375 e. The van der Waals surface area contributed by atoms with E-state index >= 15 is 0 Å². The van der Waals surface area contributed by atoms with E-state index in [4.69, 9.17) is 5.73 Å². The van der Waals surface area contributed by atoms with Gasteiger partial charge in [0.05, 0.1) is 6.20 Å². The molecule has 0 aliphatic heterocycles. The number of aromatic nitrogens is 4. The van der Waals surface area contributed by atoms with Gasteiger partial charge in [0.2, 0.25) is 0 Å². The second kappa shape index (κ2) is 4.05. The number of halogens is 1. The van der Waals surface area contributed by atoms with Gasteiger partial charge in [-0.3, -0.25) is 0 Å². The molecule has 2 aromatic rings. The van der Waals surface area contributed by atoms with Crippen molar-refractivity contribution in [1.82, 2.24) is 20.0 Å². The summed E-state index contributed by atoms with van der Waals surface area (Å²) >= 11 is 4.85. The van der Waals surface area contributed by atoms with Gasteiger partial charge in [-0.2, -0.15) is 0 Å². The van der Waals surface area contributed by atoms with Crippen molar-refractivity contribution in [3.05, 3.63) is 21.9 Å². The number of aryl methyl sites for hydroxylation is 2. The summed E-state index contributed by atoms with van der Waals surface area (Å²) in [6.45, 7) is 0.780. The Hall–Kier alpha value is -0.950. The van der Waals surface area contributed by atoms with Gasteiger partial charge in [0.15, 0.2) is 5.13 Å². The first-order valence-electron chi connectivity index (χ1n) is 4.00. The molecule has 2 heterocycles. The fourth-order valence-electron chi connectivity index (χ4n) is 1.05. The zero-order chi connectivity index (χ0) is 9.97. The summed E-state index contributed by atoms with van der Waals surface area (Å²) in [5, 5.41) is 8.29. The first-order chi connectivity index (χ1) is 6.75. The standard InChI is InChI=1S/C7H8BrN5S/c8-6-4-11-12-13(6)2-1-5-3-10-7(9)14-5/h3-4H,1-2H2,(H2,9,10). The molecule has 2 rings (SSSR count). The lowest BCUT2D eigenvalue weighted by Gasteiger charge is -1.98. The molecule has 14 heavy (non-hydrogen) atoms. The summed E-state index contributed by atoms with van der Waals surface area (Å²) in [5.74, 6) is 0. The van der Waals surface area contributed by atoms with E-state index in [0.29, 0.717) is 5.13 Å². The molecule has 7 heteroatoms. The molecular weight excluding hydrogens is 266 g/mol. The molecule has 0 saturated carbocycles. The third-order valence-electron chi connectivity index (χ3n) is 1.71. The predicted octanol–water partition coefficient (Wildman–Crippen LogP) is 1.32. The molecule has 0 aliphatic carbocycles. The molecule has 5 nitrogen and oxygen atoms in total. The summed E-state index contributed by atoms with van der Waals surface area (Å²) < 4.78 is 2.67. The number of anilines is 1. The topological polar surface area (TPSA) is 69.6 Å². The van der Waals surface area contributed by atoms with Gasteiger partial charge >= 0.3 is 0 Å². The number of hydrogen-bond acceptors (Lipinski definition) is 5. The van der Waals surface area contributed by atoms with Crippen molar-refractivity contribution in [2.75, 3.05) is 5.73 Å². The highest BCUT2D eigenvalue weighted by atomic mass is 79.9. The van der Waals surface area contributed by atoms with E-state index < -0.39 is 0 Å². The summed E-state index contributed by atoms with van der Waals surface area (Å²) in [6, 6.07) is 0. The molecule has 74 valence electrons. The van der Waals surface area contributed by atoms with Crippen LogP contribution >= 0.6 is 27.3 Å². The van der Waals surface area contributed by atoms with E-state index in [1.54, 1.807) is 17.1 Å². The smallest absolute Gasteiger partial charge is 0.180 e. The summed E-state index contributed by atoms with van der Waals surface area (Å²) in [6.07, 6.45) is 4.34. The highest BCUT2D eigenvalue weighted by Gasteiger charge is 2.02. The van der Waals surface area contributed by atoms with Crippen molar-refractivity contribution in [1.29, 1.82) is 0 Å². The first-order valence-corrected chi connectivity index (χ1v) is 5.61. The molecule has 0 amide bonds. The third kappa shape index (κ3) is 2.10. The summed E-state index contributed by atoms with van der Waals surface area (Å²) in [7, 11) is 0. The van der Waals surface area contributed by atoms with Crippen LogP contribution in [0.25, 0.3) is 0 Å². The van der Waals surface area contributed by atoms with Crippen molar-refractivity contribution in [3.63, 3.8) is 0 Å². The van der Waals surface area contributed by atoms with Crippen LogP contribution in [0.1, 0.15) is 4.88 Å². The molecule has 0 aliphatic rings. The van der Waals surface area contributed by atoms with E-state index in [2.05, 4.69) is 31.2 Å². The van der Waals surface area contributed by atoms with Crippen LogP contribution in [0.4, 0.5) is 5.13 Å². The Morgan fingerprint density at radius 2 is 2.36 bits per heavy atom. The fourth-order valence-corrected chi connectivity index (χ4v) is 2.06. The molecule has 0 spiro atoms. The van der Waals surface area contributed by atoms with Gasteiger partial charge < -0.3 is 5.73 Å². The minimum atomic E-state index is 0.609. The van der Waals surface area contributed by atoms with Gasteiger partial charge in [-0.15, -0.1) is 16.4 Å². The van der Waals surface area contributed by atoms with E-state index in [1.165, 1.54) is 11.3 Å². The minimum Gasteiger partial charge on any atom is -0.375 e. The van der Waals surface area contributed by atoms with Gasteiger partial charge in [-0.1, -0.05) is 5.21 Å². The molecule has 0 fully saturated rings. The van der Waals surface area contributed by atoms with E-state index in [-0.39, 0.29) is 0 Å². The Morgan fingerprint density at radius 1 is 1.50 bits per heavy atom. The lowest BCUT2D eigenvalue weighted by Crippen LogP contribution is -2.02. The van der Waals surface area contributed by atoms with Crippen LogP contribution in [-0.2, 0) is 13.0 Å². The SMILES string of the molecule is Nc1ncc(CCn2nncc2Br)s1. The second-order valence-electron chi connectivity index (χ2n) is 2.69. The number of thiazole rings is 1. The zero-order valence-electron chi connectivity index (χ0n) is 7.22. The normalized spacial score (nSPS) is 10.6. The average molecular weight is 274 g/mol. The third-order valence-corrected chi connectivity index (χ3v) is 3.21. The highest BCUT2D eigenvalue weighted by molar-refractivity contribution is 9.10. The predicted molar refractivity (Wildman–Crippen MR) is 58.0 cm³/mol. The van der Waals surface area contributed by atoms with Gasteiger partial charge in [0.1, 0.15) is 4.60 Å². The van der Waals surface area contributed by atoms with Crippen LogP contribution in [0.15, 0.2) is 17.0 Å². The maximum absolute atomic E-state index is 5.52. The Morgan fingerprint density at radius 3 is 2.93 bits per heavy atom. The number of hydrogen-bond donors (Lipinski definition) is 1. The Bertz CT molecular complexity index is 423. The average Bonchev–Trinajstić information content (AvgIpc) is 2.72. The molecule has 0 aromatic carbocycles. The van der Waals surface area contributed by atoms with Crippen molar-refractivity contribution in [3.8, 4) is 0 Å².